The van der Waals surface area contributed by atoms with Gasteiger partial charge in [0.25, 0.3) is 0 Å². The standard InChI is InChI=1S/C10H18N2O/c1-2-3-7-10(13)12-9-6-4-5-8-11/h2-7,9H2,1H3,(H,12,13). The molecule has 0 spiro atoms. The van der Waals surface area contributed by atoms with Gasteiger partial charge in [0, 0.05) is 19.4 Å². The second kappa shape index (κ2) is 9.05. The maximum Gasteiger partial charge on any atom is 0.219 e. The third-order valence-electron chi connectivity index (χ3n) is 1.79. The SMILES string of the molecule is CCCCC(=O)NCCCCC#N. The Bertz CT molecular complexity index is 172. The minimum absolute atomic E-state index is 0.138. The minimum Gasteiger partial charge on any atom is -0.356 e. The fourth-order valence-electron chi connectivity index (χ4n) is 0.983. The third kappa shape index (κ3) is 8.87. The molecule has 0 radical (unpaired) electrons. The van der Waals surface area contributed by atoms with E-state index in [1.54, 1.807) is 0 Å². The highest BCUT2D eigenvalue weighted by Gasteiger charge is 1.97. The summed E-state index contributed by atoms with van der Waals surface area (Å²) in [4.78, 5) is 11.1. The van der Waals surface area contributed by atoms with E-state index in [2.05, 4.69) is 18.3 Å². The van der Waals surface area contributed by atoms with Crippen LogP contribution < -0.4 is 5.32 Å². The van der Waals surface area contributed by atoms with E-state index in [0.717, 1.165) is 25.7 Å². The molecular weight excluding hydrogens is 164 g/mol. The van der Waals surface area contributed by atoms with Crippen LogP contribution in [-0.4, -0.2) is 12.5 Å². The number of carbonyl (C=O) groups excluding carboxylic acids is 1. The molecule has 0 aliphatic carbocycles. The molecule has 0 unspecified atom stereocenters. The van der Waals surface area contributed by atoms with Gasteiger partial charge < -0.3 is 5.32 Å². The van der Waals surface area contributed by atoms with Gasteiger partial charge in [-0.25, -0.2) is 0 Å². The first-order valence-corrected chi connectivity index (χ1v) is 4.95. The topological polar surface area (TPSA) is 52.9 Å². The highest BCUT2D eigenvalue weighted by atomic mass is 16.1. The van der Waals surface area contributed by atoms with E-state index in [0.29, 0.717) is 19.4 Å². The molecule has 0 aromatic carbocycles. The summed E-state index contributed by atoms with van der Waals surface area (Å²) in [6.07, 6.45) is 5.03. The molecule has 0 fully saturated rings. The summed E-state index contributed by atoms with van der Waals surface area (Å²) in [6, 6.07) is 2.08. The van der Waals surface area contributed by atoms with Crippen LogP contribution in [0.1, 0.15) is 45.4 Å². The van der Waals surface area contributed by atoms with Crippen LogP contribution in [-0.2, 0) is 4.79 Å². The lowest BCUT2D eigenvalue weighted by Crippen LogP contribution is -2.23. The van der Waals surface area contributed by atoms with E-state index in [-0.39, 0.29) is 5.91 Å². The Morgan fingerprint density at radius 2 is 2.15 bits per heavy atom. The molecule has 3 nitrogen and oxygen atoms in total. The van der Waals surface area contributed by atoms with Crippen LogP contribution >= 0.6 is 0 Å². The van der Waals surface area contributed by atoms with Gasteiger partial charge >= 0.3 is 0 Å². The van der Waals surface area contributed by atoms with Crippen LogP contribution in [0.15, 0.2) is 0 Å². The van der Waals surface area contributed by atoms with Gasteiger partial charge in [0.15, 0.2) is 0 Å². The van der Waals surface area contributed by atoms with Crippen molar-refractivity contribution in [3.63, 3.8) is 0 Å². The van der Waals surface area contributed by atoms with Crippen molar-refractivity contribution in [1.29, 1.82) is 5.26 Å². The maximum atomic E-state index is 11.1. The van der Waals surface area contributed by atoms with E-state index >= 15 is 0 Å². The van der Waals surface area contributed by atoms with Gasteiger partial charge in [-0.3, -0.25) is 4.79 Å². The van der Waals surface area contributed by atoms with Crippen LogP contribution in [0.3, 0.4) is 0 Å². The number of unbranched alkanes of at least 4 members (excludes halogenated alkanes) is 3. The summed E-state index contributed by atoms with van der Waals surface area (Å²) in [6.45, 7) is 2.78. The first-order valence-electron chi connectivity index (χ1n) is 4.95. The highest BCUT2D eigenvalue weighted by Crippen LogP contribution is 1.95. The molecule has 0 rings (SSSR count). The van der Waals surface area contributed by atoms with Gasteiger partial charge in [-0.05, 0) is 19.3 Å². The number of nitrogens with one attached hydrogen (secondary N) is 1. The summed E-state index contributed by atoms with van der Waals surface area (Å²) in [5.74, 6) is 0.138. The predicted molar refractivity (Wildman–Crippen MR) is 52.0 cm³/mol. The first-order chi connectivity index (χ1) is 6.31. The zero-order valence-electron chi connectivity index (χ0n) is 8.31. The third-order valence-corrected chi connectivity index (χ3v) is 1.79. The van der Waals surface area contributed by atoms with E-state index < -0.39 is 0 Å². The van der Waals surface area contributed by atoms with Crippen LogP contribution in [0.2, 0.25) is 0 Å². The van der Waals surface area contributed by atoms with Crippen molar-refractivity contribution in [2.45, 2.75) is 45.4 Å². The number of nitrogens with zero attached hydrogens (tertiary/aromatic N) is 1. The van der Waals surface area contributed by atoms with Crippen LogP contribution in [0.5, 0.6) is 0 Å². The summed E-state index contributed by atoms with van der Waals surface area (Å²) >= 11 is 0. The quantitative estimate of drug-likeness (QED) is 0.612. The van der Waals surface area contributed by atoms with Crippen molar-refractivity contribution in [1.82, 2.24) is 5.32 Å². The van der Waals surface area contributed by atoms with Crippen LogP contribution in [0.4, 0.5) is 0 Å². The second-order valence-electron chi connectivity index (χ2n) is 3.07. The fourth-order valence-corrected chi connectivity index (χ4v) is 0.983. The van der Waals surface area contributed by atoms with Crippen molar-refractivity contribution in [2.75, 3.05) is 6.54 Å². The highest BCUT2D eigenvalue weighted by molar-refractivity contribution is 5.75. The van der Waals surface area contributed by atoms with Crippen LogP contribution in [0, 0.1) is 11.3 Å². The van der Waals surface area contributed by atoms with Gasteiger partial charge in [0.2, 0.25) is 5.91 Å². The molecule has 0 atom stereocenters. The van der Waals surface area contributed by atoms with Crippen molar-refractivity contribution < 1.29 is 4.79 Å². The number of hydrogen-bond donors (Lipinski definition) is 1. The molecule has 0 saturated heterocycles. The lowest BCUT2D eigenvalue weighted by molar-refractivity contribution is -0.121. The molecule has 1 amide bonds. The largest absolute Gasteiger partial charge is 0.356 e. The van der Waals surface area contributed by atoms with Crippen molar-refractivity contribution >= 4 is 5.91 Å². The van der Waals surface area contributed by atoms with Gasteiger partial charge in [0.05, 0.1) is 6.07 Å². The Morgan fingerprint density at radius 3 is 2.77 bits per heavy atom. The zero-order valence-corrected chi connectivity index (χ0v) is 8.31. The molecule has 0 saturated carbocycles. The summed E-state index contributed by atoms with van der Waals surface area (Å²) in [5, 5.41) is 11.1. The molecule has 0 aliphatic heterocycles. The minimum atomic E-state index is 0.138. The van der Waals surface area contributed by atoms with Gasteiger partial charge in [-0.1, -0.05) is 13.3 Å². The molecule has 3 heteroatoms. The van der Waals surface area contributed by atoms with Crippen molar-refractivity contribution in [3.05, 3.63) is 0 Å². The molecule has 1 N–H and O–H groups in total. The second-order valence-corrected chi connectivity index (χ2v) is 3.07. The van der Waals surface area contributed by atoms with Gasteiger partial charge in [0.1, 0.15) is 0 Å². The summed E-state index contributed by atoms with van der Waals surface area (Å²) < 4.78 is 0. The molecular formula is C10H18N2O. The summed E-state index contributed by atoms with van der Waals surface area (Å²) in [7, 11) is 0. The van der Waals surface area contributed by atoms with E-state index in [4.69, 9.17) is 5.26 Å². The number of amides is 1. The number of carbonyl (C=O) groups is 1. The Labute approximate surface area is 80.1 Å². The maximum absolute atomic E-state index is 11.1. The smallest absolute Gasteiger partial charge is 0.219 e. The molecule has 0 heterocycles. The number of rotatable bonds is 7. The van der Waals surface area contributed by atoms with E-state index in [9.17, 15) is 4.79 Å². The number of hydrogen-bond acceptors (Lipinski definition) is 2. The fraction of sp³-hybridized carbons (Fsp3) is 0.800. The van der Waals surface area contributed by atoms with Gasteiger partial charge in [-0.2, -0.15) is 5.26 Å². The normalized spacial score (nSPS) is 9.23. The van der Waals surface area contributed by atoms with Crippen molar-refractivity contribution in [2.24, 2.45) is 0 Å². The lowest BCUT2D eigenvalue weighted by atomic mass is 10.2. The molecule has 0 aliphatic rings. The Balaban J connectivity index is 3.13. The molecule has 0 aromatic heterocycles. The average molecular weight is 182 g/mol. The summed E-state index contributed by atoms with van der Waals surface area (Å²) in [5.41, 5.74) is 0. The van der Waals surface area contributed by atoms with Crippen LogP contribution in [0.25, 0.3) is 0 Å². The average Bonchev–Trinajstić information content (AvgIpc) is 2.14. The Morgan fingerprint density at radius 1 is 1.38 bits per heavy atom. The monoisotopic (exact) mass is 182 g/mol. The Kier molecular flexibility index (Phi) is 8.33. The van der Waals surface area contributed by atoms with E-state index in [1.807, 2.05) is 0 Å². The Hall–Kier alpha value is -1.04. The van der Waals surface area contributed by atoms with Gasteiger partial charge in [-0.15, -0.1) is 0 Å². The number of nitriles is 1. The first kappa shape index (κ1) is 12.0. The van der Waals surface area contributed by atoms with E-state index in [1.165, 1.54) is 0 Å². The zero-order chi connectivity index (χ0) is 9.94. The molecule has 0 bridgehead atoms. The van der Waals surface area contributed by atoms with Crippen molar-refractivity contribution in [3.8, 4) is 6.07 Å². The molecule has 0 aromatic rings. The molecule has 13 heavy (non-hydrogen) atoms. The predicted octanol–water partition coefficient (Wildman–Crippen LogP) is 1.99. The molecule has 74 valence electrons. The lowest BCUT2D eigenvalue weighted by Gasteiger charge is -2.02.